The van der Waals surface area contributed by atoms with E-state index >= 15 is 0 Å². The second-order valence-corrected chi connectivity index (χ2v) is 6.03. The summed E-state index contributed by atoms with van der Waals surface area (Å²) in [5.41, 5.74) is 1.21. The van der Waals surface area contributed by atoms with E-state index in [9.17, 15) is 0 Å². The highest BCUT2D eigenvalue weighted by Crippen LogP contribution is 2.24. The van der Waals surface area contributed by atoms with Crippen molar-refractivity contribution in [2.24, 2.45) is 5.92 Å². The van der Waals surface area contributed by atoms with E-state index in [1.165, 1.54) is 5.57 Å². The Bertz CT molecular complexity index is 191. The van der Waals surface area contributed by atoms with E-state index in [2.05, 4.69) is 45.7 Å². The standard InChI is InChI=1S/C10H16Br2Cl2/c1-7(2)9(12)4-3-8(5-11)10(14)6-13/h7,9H,3-6H2,1-2H3/b10-8+/t9-/m0/s1. The first-order valence-electron chi connectivity index (χ1n) is 4.65. The fourth-order valence-electron chi connectivity index (χ4n) is 1.01. The molecule has 0 aromatic rings. The minimum atomic E-state index is 0.414. The molecule has 0 heterocycles. The number of halogens is 4. The largest absolute Gasteiger partial charge is 0.121 e. The third-order valence-corrected chi connectivity index (χ3v) is 5.10. The van der Waals surface area contributed by atoms with Crippen molar-refractivity contribution in [1.29, 1.82) is 0 Å². The number of rotatable bonds is 6. The third-order valence-electron chi connectivity index (χ3n) is 2.11. The van der Waals surface area contributed by atoms with Crippen molar-refractivity contribution in [3.63, 3.8) is 0 Å². The van der Waals surface area contributed by atoms with E-state index in [4.69, 9.17) is 23.2 Å². The number of allylic oxidation sites excluding steroid dienone is 2. The van der Waals surface area contributed by atoms with Crippen LogP contribution in [0, 0.1) is 5.92 Å². The van der Waals surface area contributed by atoms with E-state index in [1.54, 1.807) is 0 Å². The molecule has 0 nitrogen and oxygen atoms in total. The maximum absolute atomic E-state index is 6.00. The van der Waals surface area contributed by atoms with Gasteiger partial charge in [0.25, 0.3) is 0 Å². The topological polar surface area (TPSA) is 0 Å². The van der Waals surface area contributed by atoms with Crippen LogP contribution in [0.4, 0.5) is 0 Å². The predicted molar refractivity (Wildman–Crippen MR) is 74.2 cm³/mol. The molecule has 0 amide bonds. The summed E-state index contributed by atoms with van der Waals surface area (Å²) < 4.78 is 0. The second kappa shape index (κ2) is 8.43. The molecule has 0 unspecified atom stereocenters. The van der Waals surface area contributed by atoms with Crippen molar-refractivity contribution in [3.05, 3.63) is 10.6 Å². The maximum atomic E-state index is 6.00. The normalized spacial score (nSPS) is 15.6. The zero-order valence-corrected chi connectivity index (χ0v) is 13.2. The molecule has 0 aromatic heterocycles. The number of hydrogen-bond donors (Lipinski definition) is 0. The minimum absolute atomic E-state index is 0.414. The lowest BCUT2D eigenvalue weighted by Crippen LogP contribution is -2.07. The Labute approximate surface area is 114 Å². The molecule has 0 saturated carbocycles. The maximum Gasteiger partial charge on any atom is 0.0581 e. The van der Waals surface area contributed by atoms with Gasteiger partial charge in [0.15, 0.2) is 0 Å². The lowest BCUT2D eigenvalue weighted by atomic mass is 10.0. The zero-order chi connectivity index (χ0) is 11.1. The average Bonchev–Trinajstić information content (AvgIpc) is 2.17. The van der Waals surface area contributed by atoms with Crippen LogP contribution in [0.1, 0.15) is 26.7 Å². The van der Waals surface area contributed by atoms with Gasteiger partial charge >= 0.3 is 0 Å². The van der Waals surface area contributed by atoms with Gasteiger partial charge < -0.3 is 0 Å². The predicted octanol–water partition coefficient (Wildman–Crippen LogP) is 5.31. The molecule has 0 aliphatic heterocycles. The van der Waals surface area contributed by atoms with Gasteiger partial charge in [0.05, 0.1) is 5.88 Å². The van der Waals surface area contributed by atoms with Gasteiger partial charge in [-0.15, -0.1) is 11.6 Å². The van der Waals surface area contributed by atoms with Crippen LogP contribution >= 0.6 is 55.1 Å². The van der Waals surface area contributed by atoms with Crippen LogP contribution in [0.3, 0.4) is 0 Å². The summed E-state index contributed by atoms with van der Waals surface area (Å²) >= 11 is 18.8. The lowest BCUT2D eigenvalue weighted by Gasteiger charge is -2.14. The van der Waals surface area contributed by atoms with Crippen LogP contribution in [0.25, 0.3) is 0 Å². The van der Waals surface area contributed by atoms with Crippen molar-refractivity contribution in [2.75, 3.05) is 11.2 Å². The van der Waals surface area contributed by atoms with Gasteiger partial charge in [-0.2, -0.15) is 0 Å². The van der Waals surface area contributed by atoms with Crippen molar-refractivity contribution in [2.45, 2.75) is 31.5 Å². The molecular weight excluding hydrogens is 351 g/mol. The summed E-state index contributed by atoms with van der Waals surface area (Å²) in [5, 5.41) is 1.60. The SMILES string of the molecule is CC(C)[C@@H](Br)CC/C(CBr)=C(\Cl)CCl. The Balaban J connectivity index is 4.09. The van der Waals surface area contributed by atoms with Gasteiger partial charge in [0, 0.05) is 15.2 Å². The van der Waals surface area contributed by atoms with Crippen LogP contribution in [0.5, 0.6) is 0 Å². The summed E-state index contributed by atoms with van der Waals surface area (Å²) in [6.07, 6.45) is 2.11. The van der Waals surface area contributed by atoms with Crippen molar-refractivity contribution in [3.8, 4) is 0 Å². The smallest absolute Gasteiger partial charge is 0.0581 e. The first kappa shape index (κ1) is 15.3. The molecule has 0 fully saturated rings. The third kappa shape index (κ3) is 5.99. The number of hydrogen-bond acceptors (Lipinski definition) is 0. The molecule has 0 aliphatic carbocycles. The fraction of sp³-hybridized carbons (Fsp3) is 0.800. The first-order chi connectivity index (χ1) is 6.52. The van der Waals surface area contributed by atoms with Crippen LogP contribution in [0.2, 0.25) is 0 Å². The molecule has 4 heteroatoms. The average molecular weight is 367 g/mol. The fourth-order valence-corrected chi connectivity index (χ4v) is 2.37. The molecule has 0 N–H and O–H groups in total. The quantitative estimate of drug-likeness (QED) is 0.558. The Kier molecular flexibility index (Phi) is 9.21. The summed E-state index contributed by atoms with van der Waals surface area (Å²) in [6, 6.07) is 0. The van der Waals surface area contributed by atoms with E-state index in [1.807, 2.05) is 0 Å². The summed E-state index contributed by atoms with van der Waals surface area (Å²) in [7, 11) is 0. The van der Waals surface area contributed by atoms with Gasteiger partial charge in [0.2, 0.25) is 0 Å². The van der Waals surface area contributed by atoms with Gasteiger partial charge in [-0.25, -0.2) is 0 Å². The highest BCUT2D eigenvalue weighted by molar-refractivity contribution is 9.09. The van der Waals surface area contributed by atoms with Crippen molar-refractivity contribution >= 4 is 55.1 Å². The molecule has 0 radical (unpaired) electrons. The molecule has 0 aliphatic rings. The lowest BCUT2D eigenvalue weighted by molar-refractivity contribution is 0.580. The van der Waals surface area contributed by atoms with Crippen molar-refractivity contribution in [1.82, 2.24) is 0 Å². The molecule has 1 atom stereocenters. The molecule has 0 aromatic carbocycles. The molecule has 0 spiro atoms. The zero-order valence-electron chi connectivity index (χ0n) is 8.49. The Morgan fingerprint density at radius 2 is 1.93 bits per heavy atom. The van der Waals surface area contributed by atoms with Crippen molar-refractivity contribution < 1.29 is 0 Å². The van der Waals surface area contributed by atoms with Crippen LogP contribution in [0.15, 0.2) is 10.6 Å². The number of alkyl halides is 3. The summed E-state index contributed by atoms with van der Waals surface area (Å²) in [4.78, 5) is 0.552. The molecule has 0 rings (SSSR count). The first-order valence-corrected chi connectivity index (χ1v) is 7.60. The molecule has 84 valence electrons. The molecule has 0 saturated heterocycles. The van der Waals surface area contributed by atoms with E-state index in [-0.39, 0.29) is 0 Å². The monoisotopic (exact) mass is 364 g/mol. The second-order valence-electron chi connectivity index (χ2n) is 3.57. The van der Waals surface area contributed by atoms with Gasteiger partial charge in [-0.1, -0.05) is 57.3 Å². The van der Waals surface area contributed by atoms with Gasteiger partial charge in [0.1, 0.15) is 0 Å². The Morgan fingerprint density at radius 1 is 1.36 bits per heavy atom. The van der Waals surface area contributed by atoms with Crippen LogP contribution in [-0.4, -0.2) is 16.0 Å². The molecule has 14 heavy (non-hydrogen) atoms. The van der Waals surface area contributed by atoms with Crippen LogP contribution < -0.4 is 0 Å². The van der Waals surface area contributed by atoms with Crippen LogP contribution in [-0.2, 0) is 0 Å². The Hall–Kier alpha value is 1.28. The highest BCUT2D eigenvalue weighted by Gasteiger charge is 2.11. The summed E-state index contributed by atoms with van der Waals surface area (Å²) in [5.74, 6) is 1.07. The van der Waals surface area contributed by atoms with E-state index < -0.39 is 0 Å². The summed E-state index contributed by atoms with van der Waals surface area (Å²) in [6.45, 7) is 4.42. The van der Waals surface area contributed by atoms with Gasteiger partial charge in [-0.3, -0.25) is 0 Å². The Morgan fingerprint density at radius 3 is 2.29 bits per heavy atom. The molecule has 0 bridgehead atoms. The minimum Gasteiger partial charge on any atom is -0.121 e. The van der Waals surface area contributed by atoms with Gasteiger partial charge in [-0.05, 0) is 24.3 Å². The van der Waals surface area contributed by atoms with E-state index in [0.29, 0.717) is 16.6 Å². The molecular formula is C10H16Br2Cl2. The highest BCUT2D eigenvalue weighted by atomic mass is 79.9. The van der Waals surface area contributed by atoms with E-state index in [0.717, 1.165) is 23.2 Å².